The molecule has 0 unspecified atom stereocenters. The molecule has 0 fully saturated rings. The molecule has 0 spiro atoms. The van der Waals surface area contributed by atoms with Crippen molar-refractivity contribution in [3.63, 3.8) is 0 Å². The highest BCUT2D eigenvalue weighted by molar-refractivity contribution is 5.94. The number of nitrogens with zero attached hydrogens (tertiary/aromatic N) is 5. The lowest BCUT2D eigenvalue weighted by molar-refractivity contribution is 1.11. The summed E-state index contributed by atoms with van der Waals surface area (Å²) < 4.78 is 4.51. The Morgan fingerprint density at radius 3 is 1.65 bits per heavy atom. The maximum absolute atomic E-state index is 5.05. The normalized spacial score (nSPS) is 11.5. The number of benzene rings is 6. The highest BCUT2D eigenvalue weighted by atomic mass is 15.2. The molecule has 216 valence electrons. The average Bonchev–Trinajstić information content (AvgIpc) is 3.67. The van der Waals surface area contributed by atoms with Gasteiger partial charge in [-0.2, -0.15) is 0 Å². The van der Waals surface area contributed by atoms with Crippen LogP contribution < -0.4 is 0 Å². The monoisotopic (exact) mass is 589 g/mol. The van der Waals surface area contributed by atoms with Crippen LogP contribution in [0.15, 0.2) is 164 Å². The van der Waals surface area contributed by atoms with Crippen LogP contribution in [0.4, 0.5) is 0 Å². The maximum Gasteiger partial charge on any atom is 0.220 e. The molecule has 0 saturated carbocycles. The Hall–Kier alpha value is -6.33. The zero-order valence-electron chi connectivity index (χ0n) is 24.8. The van der Waals surface area contributed by atoms with Gasteiger partial charge in [0.25, 0.3) is 0 Å². The number of imidazole rings is 2. The summed E-state index contributed by atoms with van der Waals surface area (Å²) in [4.78, 5) is 15.0. The summed E-state index contributed by atoms with van der Waals surface area (Å²) in [5.41, 5.74) is 12.6. The van der Waals surface area contributed by atoms with Crippen LogP contribution in [0.25, 0.3) is 78.6 Å². The minimum Gasteiger partial charge on any atom is -0.278 e. The van der Waals surface area contributed by atoms with Crippen LogP contribution in [0.1, 0.15) is 0 Å². The van der Waals surface area contributed by atoms with Crippen LogP contribution >= 0.6 is 0 Å². The minimum atomic E-state index is 0.714. The van der Waals surface area contributed by atoms with E-state index in [4.69, 9.17) is 15.0 Å². The van der Waals surface area contributed by atoms with Gasteiger partial charge in [-0.3, -0.25) is 8.97 Å². The van der Waals surface area contributed by atoms with Crippen LogP contribution in [0.5, 0.6) is 0 Å². The highest BCUT2D eigenvalue weighted by Crippen LogP contribution is 2.34. The number of fused-ring (bicyclic) bond motifs is 5. The van der Waals surface area contributed by atoms with E-state index in [9.17, 15) is 0 Å². The molecule has 0 amide bonds. The second kappa shape index (κ2) is 10.7. The van der Waals surface area contributed by atoms with Crippen molar-refractivity contribution < 1.29 is 0 Å². The number of para-hydroxylation sites is 3. The van der Waals surface area contributed by atoms with E-state index in [-0.39, 0.29) is 0 Å². The molecule has 3 aromatic heterocycles. The molecule has 46 heavy (non-hydrogen) atoms. The van der Waals surface area contributed by atoms with E-state index < -0.39 is 0 Å². The lowest BCUT2D eigenvalue weighted by atomic mass is 10.0. The third kappa shape index (κ3) is 4.37. The second-order valence-corrected chi connectivity index (χ2v) is 11.4. The van der Waals surface area contributed by atoms with E-state index in [1.807, 2.05) is 48.5 Å². The summed E-state index contributed by atoms with van der Waals surface area (Å²) in [5.74, 6) is 1.62. The summed E-state index contributed by atoms with van der Waals surface area (Å²) in [5, 5.41) is 0. The van der Waals surface area contributed by atoms with Gasteiger partial charge in [0.1, 0.15) is 0 Å². The first-order chi connectivity index (χ1) is 22.8. The quantitative estimate of drug-likeness (QED) is 0.201. The van der Waals surface area contributed by atoms with E-state index in [1.54, 1.807) is 0 Å². The summed E-state index contributed by atoms with van der Waals surface area (Å²) in [6, 6.07) is 56.7. The first-order valence-electron chi connectivity index (χ1n) is 15.4. The Labute approximate surface area is 265 Å². The molecule has 0 atom stereocenters. The molecule has 3 heterocycles. The van der Waals surface area contributed by atoms with Crippen molar-refractivity contribution in [2.45, 2.75) is 0 Å². The molecule has 6 aromatic carbocycles. The van der Waals surface area contributed by atoms with Gasteiger partial charge in [0.2, 0.25) is 5.78 Å². The van der Waals surface area contributed by atoms with Crippen molar-refractivity contribution in [3.8, 4) is 50.7 Å². The van der Waals surface area contributed by atoms with Gasteiger partial charge >= 0.3 is 0 Å². The molecule has 9 aromatic rings. The standard InChI is InChI=1S/C41H27N5/c1-4-12-29(13-5-1)35-27-36(43-40(42-35)31-14-6-2-7-15-31)30-22-20-28(21-23-30)32-24-25-38-39(26-32)46-37-19-11-10-18-34(37)44-41(46)45(38)33-16-8-3-9-17-33/h1-27H. The van der Waals surface area contributed by atoms with Crippen molar-refractivity contribution in [2.75, 3.05) is 0 Å². The zero-order chi connectivity index (χ0) is 30.5. The Morgan fingerprint density at radius 1 is 0.370 bits per heavy atom. The predicted molar refractivity (Wildman–Crippen MR) is 187 cm³/mol. The van der Waals surface area contributed by atoms with Gasteiger partial charge in [0.05, 0.1) is 33.5 Å². The third-order valence-electron chi connectivity index (χ3n) is 8.56. The first kappa shape index (κ1) is 26.1. The van der Waals surface area contributed by atoms with Crippen molar-refractivity contribution in [3.05, 3.63) is 164 Å². The van der Waals surface area contributed by atoms with Crippen LogP contribution in [-0.4, -0.2) is 23.9 Å². The molecule has 0 aliphatic rings. The molecule has 0 N–H and O–H groups in total. The van der Waals surface area contributed by atoms with E-state index >= 15 is 0 Å². The SMILES string of the molecule is c1ccc(-c2cc(-c3ccc(-c4ccc5c(c4)n4c6ccccc6nc4n5-c4ccccc4)cc3)nc(-c3ccccc3)n2)cc1. The molecule has 0 radical (unpaired) electrons. The van der Waals surface area contributed by atoms with Crippen LogP contribution in [0, 0.1) is 0 Å². The van der Waals surface area contributed by atoms with E-state index in [1.165, 1.54) is 0 Å². The zero-order valence-corrected chi connectivity index (χ0v) is 24.8. The molecule has 9 rings (SSSR count). The van der Waals surface area contributed by atoms with Crippen LogP contribution in [-0.2, 0) is 0 Å². The highest BCUT2D eigenvalue weighted by Gasteiger charge is 2.18. The molecule has 5 heteroatoms. The summed E-state index contributed by atoms with van der Waals surface area (Å²) in [6.07, 6.45) is 0. The molecule has 0 aliphatic heterocycles. The van der Waals surface area contributed by atoms with E-state index in [2.05, 4.69) is 124 Å². The lowest BCUT2D eigenvalue weighted by Crippen LogP contribution is -1.95. The lowest BCUT2D eigenvalue weighted by Gasteiger charge is -2.10. The van der Waals surface area contributed by atoms with E-state index in [0.717, 1.165) is 72.7 Å². The van der Waals surface area contributed by atoms with Gasteiger partial charge in [0.15, 0.2) is 5.82 Å². The van der Waals surface area contributed by atoms with E-state index in [0.29, 0.717) is 5.82 Å². The Kier molecular flexibility index (Phi) is 6.06. The molecule has 0 aliphatic carbocycles. The van der Waals surface area contributed by atoms with Crippen molar-refractivity contribution in [1.82, 2.24) is 23.9 Å². The van der Waals surface area contributed by atoms with Crippen molar-refractivity contribution in [2.24, 2.45) is 0 Å². The van der Waals surface area contributed by atoms with Crippen LogP contribution in [0.3, 0.4) is 0 Å². The molecule has 5 nitrogen and oxygen atoms in total. The second-order valence-electron chi connectivity index (χ2n) is 11.4. The Bertz CT molecular complexity index is 2440. The molecule has 0 bridgehead atoms. The average molecular weight is 590 g/mol. The van der Waals surface area contributed by atoms with Gasteiger partial charge in [-0.15, -0.1) is 0 Å². The summed E-state index contributed by atoms with van der Waals surface area (Å²) in [6.45, 7) is 0. The number of hydrogen-bond acceptors (Lipinski definition) is 3. The minimum absolute atomic E-state index is 0.714. The summed E-state index contributed by atoms with van der Waals surface area (Å²) >= 11 is 0. The topological polar surface area (TPSA) is 48.0 Å². The molecular formula is C41H27N5. The molecular weight excluding hydrogens is 562 g/mol. The fourth-order valence-electron chi connectivity index (χ4n) is 6.31. The number of rotatable bonds is 5. The third-order valence-corrected chi connectivity index (χ3v) is 8.56. The fraction of sp³-hybridized carbons (Fsp3) is 0. The van der Waals surface area contributed by atoms with Crippen molar-refractivity contribution in [1.29, 1.82) is 0 Å². The Morgan fingerprint density at radius 2 is 0.935 bits per heavy atom. The number of hydrogen-bond donors (Lipinski definition) is 0. The van der Waals surface area contributed by atoms with Gasteiger partial charge in [-0.25, -0.2) is 15.0 Å². The fourth-order valence-corrected chi connectivity index (χ4v) is 6.31. The van der Waals surface area contributed by atoms with Crippen molar-refractivity contribution >= 4 is 27.8 Å². The smallest absolute Gasteiger partial charge is 0.220 e. The van der Waals surface area contributed by atoms with Gasteiger partial charge < -0.3 is 0 Å². The first-order valence-corrected chi connectivity index (χ1v) is 15.4. The molecule has 0 saturated heterocycles. The predicted octanol–water partition coefficient (Wildman–Crippen LogP) is 9.89. The van der Waals surface area contributed by atoms with Crippen LogP contribution in [0.2, 0.25) is 0 Å². The maximum atomic E-state index is 5.05. The number of aromatic nitrogens is 5. The van der Waals surface area contributed by atoms with Gasteiger partial charge in [-0.05, 0) is 53.6 Å². The van der Waals surface area contributed by atoms with Gasteiger partial charge in [-0.1, -0.05) is 121 Å². The Balaban J connectivity index is 1.16. The summed E-state index contributed by atoms with van der Waals surface area (Å²) in [7, 11) is 0. The van der Waals surface area contributed by atoms with Gasteiger partial charge in [0, 0.05) is 22.4 Å². The largest absolute Gasteiger partial charge is 0.278 e.